The van der Waals surface area contributed by atoms with E-state index >= 15 is 0 Å². The van der Waals surface area contributed by atoms with Crippen LogP contribution in [0.25, 0.3) is 0 Å². The van der Waals surface area contributed by atoms with Gasteiger partial charge in [0.15, 0.2) is 0 Å². The van der Waals surface area contributed by atoms with Gasteiger partial charge in [-0.2, -0.15) is 0 Å². The van der Waals surface area contributed by atoms with E-state index in [1.807, 2.05) is 6.92 Å². The van der Waals surface area contributed by atoms with Gasteiger partial charge in [-0.15, -0.1) is 0 Å². The molecule has 16 heavy (non-hydrogen) atoms. The number of nitrogens with two attached hydrogens (primary N) is 1. The van der Waals surface area contributed by atoms with Gasteiger partial charge in [-0.3, -0.25) is 0 Å². The Kier molecular flexibility index (Phi) is 6.32. The molecule has 1 saturated heterocycles. The third kappa shape index (κ3) is 4.40. The second-order valence-corrected chi connectivity index (χ2v) is 5.12. The van der Waals surface area contributed by atoms with Crippen LogP contribution in [-0.2, 0) is 9.47 Å². The summed E-state index contributed by atoms with van der Waals surface area (Å²) < 4.78 is 11.1. The molecule has 3 heteroatoms. The van der Waals surface area contributed by atoms with Crippen LogP contribution in [0.1, 0.15) is 40.0 Å². The first-order valence-electron chi connectivity index (χ1n) is 6.60. The van der Waals surface area contributed by atoms with Crippen molar-refractivity contribution in [3.05, 3.63) is 0 Å². The highest BCUT2D eigenvalue weighted by molar-refractivity contribution is 4.80. The van der Waals surface area contributed by atoms with Crippen molar-refractivity contribution in [2.75, 3.05) is 19.8 Å². The molecule has 0 aromatic rings. The third-order valence-electron chi connectivity index (χ3n) is 3.38. The molecule has 1 aliphatic heterocycles. The number of ether oxygens (including phenoxy) is 2. The molecule has 2 unspecified atom stereocenters. The number of hydrogen-bond acceptors (Lipinski definition) is 3. The average Bonchev–Trinajstić information content (AvgIpc) is 2.26. The standard InChI is InChI=1S/C13H27NO2/c1-4-16-13(10(2)3)12(14)9-11-5-7-15-8-6-11/h10-13H,4-9,14H2,1-3H3. The summed E-state index contributed by atoms with van der Waals surface area (Å²) in [5, 5.41) is 0. The molecule has 0 spiro atoms. The van der Waals surface area contributed by atoms with Gasteiger partial charge in [0.25, 0.3) is 0 Å². The van der Waals surface area contributed by atoms with E-state index in [1.165, 1.54) is 0 Å². The zero-order chi connectivity index (χ0) is 12.0. The molecule has 1 fully saturated rings. The normalized spacial score (nSPS) is 22.3. The summed E-state index contributed by atoms with van der Waals surface area (Å²) in [7, 11) is 0. The zero-order valence-corrected chi connectivity index (χ0v) is 10.9. The molecule has 1 rings (SSSR count). The van der Waals surface area contributed by atoms with Crippen LogP contribution in [0.4, 0.5) is 0 Å². The molecule has 96 valence electrons. The smallest absolute Gasteiger partial charge is 0.0748 e. The van der Waals surface area contributed by atoms with Crippen molar-refractivity contribution >= 4 is 0 Å². The van der Waals surface area contributed by atoms with Gasteiger partial charge < -0.3 is 15.2 Å². The second-order valence-electron chi connectivity index (χ2n) is 5.12. The van der Waals surface area contributed by atoms with E-state index in [-0.39, 0.29) is 12.1 Å². The van der Waals surface area contributed by atoms with Gasteiger partial charge in [-0.05, 0) is 38.0 Å². The van der Waals surface area contributed by atoms with Crippen LogP contribution in [-0.4, -0.2) is 32.0 Å². The first kappa shape index (κ1) is 13.9. The quantitative estimate of drug-likeness (QED) is 0.759. The maximum Gasteiger partial charge on any atom is 0.0748 e. The fraction of sp³-hybridized carbons (Fsp3) is 1.00. The van der Waals surface area contributed by atoms with Crippen molar-refractivity contribution < 1.29 is 9.47 Å². The lowest BCUT2D eigenvalue weighted by Crippen LogP contribution is -2.42. The molecular formula is C13H27NO2. The van der Waals surface area contributed by atoms with Gasteiger partial charge in [0.1, 0.15) is 0 Å². The summed E-state index contributed by atoms with van der Waals surface area (Å²) >= 11 is 0. The third-order valence-corrected chi connectivity index (χ3v) is 3.38. The first-order chi connectivity index (χ1) is 7.65. The van der Waals surface area contributed by atoms with E-state index < -0.39 is 0 Å². The van der Waals surface area contributed by atoms with Crippen LogP contribution in [0.5, 0.6) is 0 Å². The van der Waals surface area contributed by atoms with Crippen molar-refractivity contribution in [3.63, 3.8) is 0 Å². The molecule has 0 amide bonds. The Labute approximate surface area is 99.7 Å². The molecule has 0 saturated carbocycles. The maximum absolute atomic E-state index is 6.27. The summed E-state index contributed by atoms with van der Waals surface area (Å²) in [5.41, 5.74) is 6.27. The van der Waals surface area contributed by atoms with E-state index in [0.29, 0.717) is 5.92 Å². The van der Waals surface area contributed by atoms with Crippen LogP contribution in [0.3, 0.4) is 0 Å². The summed E-state index contributed by atoms with van der Waals surface area (Å²) in [6.07, 6.45) is 3.59. The Morgan fingerprint density at radius 2 is 1.94 bits per heavy atom. The monoisotopic (exact) mass is 229 g/mol. The Bertz CT molecular complexity index is 179. The molecule has 2 atom stereocenters. The summed E-state index contributed by atoms with van der Waals surface area (Å²) in [4.78, 5) is 0. The van der Waals surface area contributed by atoms with Crippen molar-refractivity contribution in [3.8, 4) is 0 Å². The summed E-state index contributed by atoms with van der Waals surface area (Å²) in [6, 6.07) is 0.169. The SMILES string of the molecule is CCOC(C(C)C)C(N)CC1CCOCC1. The van der Waals surface area contributed by atoms with Gasteiger partial charge in [0.2, 0.25) is 0 Å². The first-order valence-corrected chi connectivity index (χ1v) is 6.60. The highest BCUT2D eigenvalue weighted by Gasteiger charge is 2.25. The Morgan fingerprint density at radius 1 is 1.31 bits per heavy atom. The lowest BCUT2D eigenvalue weighted by molar-refractivity contribution is -0.000911. The molecule has 1 aliphatic rings. The average molecular weight is 229 g/mol. The fourth-order valence-electron chi connectivity index (χ4n) is 2.50. The molecule has 1 heterocycles. The minimum absolute atomic E-state index is 0.169. The highest BCUT2D eigenvalue weighted by Crippen LogP contribution is 2.23. The van der Waals surface area contributed by atoms with Crippen LogP contribution in [0.15, 0.2) is 0 Å². The van der Waals surface area contributed by atoms with Gasteiger partial charge in [-0.25, -0.2) is 0 Å². The number of hydrogen-bond donors (Lipinski definition) is 1. The molecule has 2 N–H and O–H groups in total. The lowest BCUT2D eigenvalue weighted by Gasteiger charge is -2.31. The van der Waals surface area contributed by atoms with Crippen molar-refractivity contribution in [1.82, 2.24) is 0 Å². The van der Waals surface area contributed by atoms with E-state index in [4.69, 9.17) is 15.2 Å². The van der Waals surface area contributed by atoms with E-state index in [9.17, 15) is 0 Å². The Morgan fingerprint density at radius 3 is 2.44 bits per heavy atom. The minimum atomic E-state index is 0.169. The number of rotatable bonds is 6. The van der Waals surface area contributed by atoms with Gasteiger partial charge in [0, 0.05) is 25.9 Å². The van der Waals surface area contributed by atoms with Crippen LogP contribution < -0.4 is 5.73 Å². The zero-order valence-electron chi connectivity index (χ0n) is 10.9. The molecule has 0 aliphatic carbocycles. The van der Waals surface area contributed by atoms with Gasteiger partial charge in [-0.1, -0.05) is 13.8 Å². The topological polar surface area (TPSA) is 44.5 Å². The van der Waals surface area contributed by atoms with Crippen LogP contribution in [0.2, 0.25) is 0 Å². The van der Waals surface area contributed by atoms with Gasteiger partial charge >= 0.3 is 0 Å². The van der Waals surface area contributed by atoms with Gasteiger partial charge in [0.05, 0.1) is 6.10 Å². The molecule has 0 radical (unpaired) electrons. The minimum Gasteiger partial charge on any atom is -0.381 e. The lowest BCUT2D eigenvalue weighted by atomic mass is 9.88. The van der Waals surface area contributed by atoms with E-state index in [2.05, 4.69) is 13.8 Å². The highest BCUT2D eigenvalue weighted by atomic mass is 16.5. The fourth-order valence-corrected chi connectivity index (χ4v) is 2.50. The largest absolute Gasteiger partial charge is 0.381 e. The molecular weight excluding hydrogens is 202 g/mol. The molecule has 0 aromatic heterocycles. The molecule has 3 nitrogen and oxygen atoms in total. The maximum atomic E-state index is 6.27. The van der Waals surface area contributed by atoms with Crippen molar-refractivity contribution in [2.45, 2.75) is 52.2 Å². The summed E-state index contributed by atoms with van der Waals surface area (Å²) in [6.45, 7) is 8.96. The van der Waals surface area contributed by atoms with E-state index in [1.54, 1.807) is 0 Å². The second kappa shape index (κ2) is 7.25. The van der Waals surface area contributed by atoms with E-state index in [0.717, 1.165) is 45.0 Å². The Hall–Kier alpha value is -0.120. The van der Waals surface area contributed by atoms with Crippen molar-refractivity contribution in [1.29, 1.82) is 0 Å². The molecule has 0 aromatic carbocycles. The predicted molar refractivity (Wildman–Crippen MR) is 66.4 cm³/mol. The Balaban J connectivity index is 2.37. The van der Waals surface area contributed by atoms with Crippen molar-refractivity contribution in [2.24, 2.45) is 17.6 Å². The van der Waals surface area contributed by atoms with Crippen LogP contribution >= 0.6 is 0 Å². The predicted octanol–water partition coefficient (Wildman–Crippen LogP) is 2.19. The summed E-state index contributed by atoms with van der Waals surface area (Å²) in [5.74, 6) is 1.22. The van der Waals surface area contributed by atoms with Crippen LogP contribution in [0, 0.1) is 11.8 Å². The molecule has 0 bridgehead atoms.